The molecule has 2 aliphatic rings. The highest BCUT2D eigenvalue weighted by atomic mass is 16.5. The number of hydrogen-bond donors (Lipinski definition) is 2. The number of carbonyl (C=O) groups is 1. The molecule has 0 spiro atoms. The fraction of sp³-hybridized carbons (Fsp3) is 0.611. The number of likely N-dealkylation sites (tertiary alicyclic amines) is 1. The first-order chi connectivity index (χ1) is 11.3. The van der Waals surface area contributed by atoms with Crippen molar-refractivity contribution < 1.29 is 14.6 Å². The molecular weight excluding hydrogens is 292 g/mol. The summed E-state index contributed by atoms with van der Waals surface area (Å²) < 4.78 is 5.88. The number of hydrogen-bond acceptors (Lipinski definition) is 3. The van der Waals surface area contributed by atoms with Crippen molar-refractivity contribution in [3.63, 3.8) is 0 Å². The fourth-order valence-corrected chi connectivity index (χ4v) is 2.96. The van der Waals surface area contributed by atoms with Gasteiger partial charge in [-0.15, -0.1) is 0 Å². The van der Waals surface area contributed by atoms with Gasteiger partial charge in [-0.1, -0.05) is 18.2 Å². The lowest BCUT2D eigenvalue weighted by Gasteiger charge is -2.31. The second-order valence-corrected chi connectivity index (χ2v) is 6.66. The van der Waals surface area contributed by atoms with Gasteiger partial charge in [0.15, 0.2) is 0 Å². The highest BCUT2D eigenvalue weighted by molar-refractivity contribution is 5.74. The van der Waals surface area contributed by atoms with Crippen molar-refractivity contribution in [1.82, 2.24) is 10.2 Å². The second-order valence-electron chi connectivity index (χ2n) is 6.66. The Morgan fingerprint density at radius 1 is 1.26 bits per heavy atom. The molecule has 23 heavy (non-hydrogen) atoms. The van der Waals surface area contributed by atoms with Gasteiger partial charge in [0.25, 0.3) is 0 Å². The van der Waals surface area contributed by atoms with Crippen LogP contribution in [0.1, 0.15) is 31.2 Å². The highest BCUT2D eigenvalue weighted by Crippen LogP contribution is 2.30. The molecule has 1 saturated heterocycles. The predicted octanol–water partition coefficient (Wildman–Crippen LogP) is 2.39. The molecule has 5 nitrogen and oxygen atoms in total. The molecule has 1 atom stereocenters. The van der Waals surface area contributed by atoms with E-state index in [1.165, 1.54) is 12.8 Å². The summed E-state index contributed by atoms with van der Waals surface area (Å²) in [5.74, 6) is 1.79. The Morgan fingerprint density at radius 2 is 2.09 bits per heavy atom. The first-order valence-electron chi connectivity index (χ1n) is 8.60. The molecule has 0 aromatic heterocycles. The molecule has 0 bridgehead atoms. The average molecular weight is 318 g/mol. The van der Waals surface area contributed by atoms with Crippen LogP contribution in [0.3, 0.4) is 0 Å². The Kier molecular flexibility index (Phi) is 5.39. The Morgan fingerprint density at radius 3 is 2.87 bits per heavy atom. The largest absolute Gasteiger partial charge is 0.493 e. The summed E-state index contributed by atoms with van der Waals surface area (Å²) in [6, 6.07) is 7.83. The van der Waals surface area contributed by atoms with Crippen molar-refractivity contribution in [2.24, 2.45) is 11.8 Å². The molecular formula is C18H26N2O3. The van der Waals surface area contributed by atoms with Gasteiger partial charge in [0, 0.05) is 31.8 Å². The Labute approximate surface area is 137 Å². The maximum absolute atomic E-state index is 12.3. The van der Waals surface area contributed by atoms with Crippen LogP contribution in [0.15, 0.2) is 24.3 Å². The third kappa shape index (κ3) is 4.61. The van der Waals surface area contributed by atoms with Crippen molar-refractivity contribution in [3.05, 3.63) is 29.8 Å². The van der Waals surface area contributed by atoms with Crippen LogP contribution in [-0.2, 0) is 6.54 Å². The summed E-state index contributed by atoms with van der Waals surface area (Å²) in [5.41, 5.74) is 1.01. The summed E-state index contributed by atoms with van der Waals surface area (Å²) in [7, 11) is 0. The molecule has 3 rings (SSSR count). The number of urea groups is 1. The number of aliphatic hydroxyl groups excluding tert-OH is 1. The smallest absolute Gasteiger partial charge is 0.317 e. The molecule has 2 N–H and O–H groups in total. The van der Waals surface area contributed by atoms with Gasteiger partial charge in [-0.2, -0.15) is 0 Å². The van der Waals surface area contributed by atoms with Gasteiger partial charge in [0.1, 0.15) is 5.75 Å². The molecule has 1 heterocycles. The number of amides is 2. The topological polar surface area (TPSA) is 61.8 Å². The van der Waals surface area contributed by atoms with Crippen LogP contribution < -0.4 is 10.1 Å². The van der Waals surface area contributed by atoms with E-state index in [2.05, 4.69) is 5.32 Å². The number of nitrogens with one attached hydrogen (secondary N) is 1. The van der Waals surface area contributed by atoms with E-state index in [9.17, 15) is 9.90 Å². The molecule has 1 saturated carbocycles. The van der Waals surface area contributed by atoms with Gasteiger partial charge in [-0.25, -0.2) is 4.79 Å². The minimum absolute atomic E-state index is 0.0554. The standard InChI is InChI=1S/C18H26N2O3/c21-12-15-4-3-9-20(11-15)18(22)19-10-16-5-1-2-6-17(16)23-13-14-7-8-14/h1-2,5-6,14-15,21H,3-4,7-13H2,(H,19,22). The summed E-state index contributed by atoms with van der Waals surface area (Å²) in [6.45, 7) is 2.81. The number of benzene rings is 1. The SMILES string of the molecule is O=C(NCc1ccccc1OCC1CC1)N1CCCC(CO)C1. The van der Waals surface area contributed by atoms with Crippen LogP contribution >= 0.6 is 0 Å². The average Bonchev–Trinajstić information content (AvgIpc) is 3.43. The van der Waals surface area contributed by atoms with Crippen molar-refractivity contribution in [2.75, 3.05) is 26.3 Å². The molecule has 1 aromatic carbocycles. The van der Waals surface area contributed by atoms with Gasteiger partial charge in [0.2, 0.25) is 0 Å². The molecule has 1 aliphatic carbocycles. The normalized spacial score (nSPS) is 21.1. The zero-order chi connectivity index (χ0) is 16.1. The zero-order valence-electron chi connectivity index (χ0n) is 13.5. The van der Waals surface area contributed by atoms with Gasteiger partial charge >= 0.3 is 6.03 Å². The Balaban J connectivity index is 1.51. The number of aliphatic hydroxyl groups is 1. The van der Waals surface area contributed by atoms with E-state index in [1.807, 2.05) is 24.3 Å². The van der Waals surface area contributed by atoms with Crippen molar-refractivity contribution >= 4 is 6.03 Å². The van der Waals surface area contributed by atoms with Crippen LogP contribution in [0.2, 0.25) is 0 Å². The van der Waals surface area contributed by atoms with Gasteiger partial charge in [-0.3, -0.25) is 0 Å². The number of ether oxygens (including phenoxy) is 1. The van der Waals surface area contributed by atoms with Crippen LogP contribution in [0.5, 0.6) is 5.75 Å². The first-order valence-corrected chi connectivity index (χ1v) is 8.60. The van der Waals surface area contributed by atoms with Crippen LogP contribution in [0.25, 0.3) is 0 Å². The Bertz CT molecular complexity index is 531. The fourth-order valence-electron chi connectivity index (χ4n) is 2.96. The lowest BCUT2D eigenvalue weighted by atomic mass is 9.99. The molecule has 1 aromatic rings. The molecule has 1 unspecified atom stereocenters. The number of rotatable bonds is 6. The summed E-state index contributed by atoms with van der Waals surface area (Å²) in [5, 5.41) is 12.3. The first kappa shape index (κ1) is 16.1. The van der Waals surface area contributed by atoms with Crippen LogP contribution in [0.4, 0.5) is 4.79 Å². The monoisotopic (exact) mass is 318 g/mol. The third-order valence-corrected chi connectivity index (χ3v) is 4.64. The maximum atomic E-state index is 12.3. The van der Waals surface area contributed by atoms with E-state index < -0.39 is 0 Å². The van der Waals surface area contributed by atoms with E-state index >= 15 is 0 Å². The molecule has 126 valence electrons. The van der Waals surface area contributed by atoms with E-state index in [4.69, 9.17) is 4.74 Å². The summed E-state index contributed by atoms with van der Waals surface area (Å²) in [4.78, 5) is 14.1. The van der Waals surface area contributed by atoms with Crippen molar-refractivity contribution in [2.45, 2.75) is 32.2 Å². The molecule has 0 radical (unpaired) electrons. The molecule has 5 heteroatoms. The Hall–Kier alpha value is -1.75. The van der Waals surface area contributed by atoms with Crippen LogP contribution in [-0.4, -0.2) is 42.3 Å². The molecule has 1 aliphatic heterocycles. The minimum Gasteiger partial charge on any atom is -0.493 e. The number of nitrogens with zero attached hydrogens (tertiary/aromatic N) is 1. The summed E-state index contributed by atoms with van der Waals surface area (Å²) in [6.07, 6.45) is 4.48. The second kappa shape index (κ2) is 7.68. The number of carbonyl (C=O) groups excluding carboxylic acids is 1. The molecule has 2 fully saturated rings. The highest BCUT2D eigenvalue weighted by Gasteiger charge is 2.24. The van der Waals surface area contributed by atoms with Crippen LogP contribution in [0, 0.1) is 11.8 Å². The van der Waals surface area contributed by atoms with Gasteiger partial charge < -0.3 is 20.1 Å². The van der Waals surface area contributed by atoms with Gasteiger partial charge in [-0.05, 0) is 43.6 Å². The number of piperidine rings is 1. The third-order valence-electron chi connectivity index (χ3n) is 4.64. The van der Waals surface area contributed by atoms with E-state index in [1.54, 1.807) is 4.90 Å². The van der Waals surface area contributed by atoms with E-state index in [-0.39, 0.29) is 18.6 Å². The van der Waals surface area contributed by atoms with E-state index in [0.29, 0.717) is 19.0 Å². The van der Waals surface area contributed by atoms with Gasteiger partial charge in [0.05, 0.1) is 6.61 Å². The minimum atomic E-state index is -0.0554. The maximum Gasteiger partial charge on any atom is 0.317 e. The number of para-hydroxylation sites is 1. The van der Waals surface area contributed by atoms with Crippen molar-refractivity contribution in [3.8, 4) is 5.75 Å². The quantitative estimate of drug-likeness (QED) is 0.846. The zero-order valence-corrected chi connectivity index (χ0v) is 13.5. The lowest BCUT2D eigenvalue weighted by Crippen LogP contribution is -2.45. The molecule has 2 amide bonds. The predicted molar refractivity (Wildman–Crippen MR) is 88.3 cm³/mol. The van der Waals surface area contributed by atoms with E-state index in [0.717, 1.165) is 37.3 Å². The van der Waals surface area contributed by atoms with Crippen molar-refractivity contribution in [1.29, 1.82) is 0 Å². The lowest BCUT2D eigenvalue weighted by molar-refractivity contribution is 0.129. The summed E-state index contributed by atoms with van der Waals surface area (Å²) >= 11 is 0.